The Morgan fingerprint density at radius 2 is 1.50 bits per heavy atom. The van der Waals surface area contributed by atoms with E-state index in [0.29, 0.717) is 34.5 Å². The summed E-state index contributed by atoms with van der Waals surface area (Å²) in [6.07, 6.45) is 0.636. The minimum atomic E-state index is -0.253. The summed E-state index contributed by atoms with van der Waals surface area (Å²) in [6, 6.07) is 18.7. The number of hydrogen-bond acceptors (Lipinski definition) is 2. The Kier molecular flexibility index (Phi) is 3.58. The second kappa shape index (κ2) is 5.77. The molecule has 0 atom stereocenters. The molecular formula is C20H14ClNO2. The third-order valence-corrected chi connectivity index (χ3v) is 4.74. The summed E-state index contributed by atoms with van der Waals surface area (Å²) in [7, 11) is 0. The van der Waals surface area contributed by atoms with Gasteiger partial charge in [0.2, 0.25) is 0 Å². The Morgan fingerprint density at radius 3 is 2.25 bits per heavy atom. The molecule has 3 aromatic rings. The number of nitrogens with zero attached hydrogens (tertiary/aromatic N) is 1. The maximum Gasteiger partial charge on any atom is 0.261 e. The van der Waals surface area contributed by atoms with Crippen LogP contribution in [0.4, 0.5) is 0 Å². The number of halogens is 1. The Bertz CT molecular complexity index is 944. The average Bonchev–Trinajstić information content (AvgIpc) is 2.61. The van der Waals surface area contributed by atoms with Gasteiger partial charge < -0.3 is 0 Å². The summed E-state index contributed by atoms with van der Waals surface area (Å²) < 4.78 is 0. The molecule has 0 N–H and O–H groups in total. The normalized spacial score (nSPS) is 13.6. The minimum absolute atomic E-state index is 0.253. The van der Waals surface area contributed by atoms with Crippen molar-refractivity contribution in [2.24, 2.45) is 0 Å². The highest BCUT2D eigenvalue weighted by Gasteiger charge is 2.32. The quantitative estimate of drug-likeness (QED) is 0.668. The number of carbonyl (C=O) groups excluding carboxylic acids is 2. The van der Waals surface area contributed by atoms with Gasteiger partial charge in [0, 0.05) is 33.5 Å². The lowest BCUT2D eigenvalue weighted by atomic mass is 9.94. The molecule has 0 saturated heterocycles. The zero-order valence-corrected chi connectivity index (χ0v) is 13.6. The Balaban J connectivity index is 1.74. The lowest BCUT2D eigenvalue weighted by Gasteiger charge is -2.27. The van der Waals surface area contributed by atoms with E-state index in [0.717, 1.165) is 10.9 Å². The summed E-state index contributed by atoms with van der Waals surface area (Å²) in [5.74, 6) is -0.507. The van der Waals surface area contributed by atoms with Gasteiger partial charge in [0.05, 0.1) is 0 Å². The van der Waals surface area contributed by atoms with E-state index in [1.807, 2.05) is 36.4 Å². The van der Waals surface area contributed by atoms with E-state index in [2.05, 4.69) is 0 Å². The van der Waals surface area contributed by atoms with Gasteiger partial charge in [0.1, 0.15) is 0 Å². The van der Waals surface area contributed by atoms with Crippen LogP contribution in [0.3, 0.4) is 0 Å². The summed E-state index contributed by atoms with van der Waals surface area (Å²) in [4.78, 5) is 26.9. The molecule has 2 amide bonds. The fraction of sp³-hybridized carbons (Fsp3) is 0.100. The van der Waals surface area contributed by atoms with Crippen molar-refractivity contribution < 1.29 is 9.59 Å². The Hall–Kier alpha value is -2.65. The molecule has 4 rings (SSSR count). The molecule has 1 aliphatic rings. The van der Waals surface area contributed by atoms with Crippen LogP contribution in [0.2, 0.25) is 5.02 Å². The summed E-state index contributed by atoms with van der Waals surface area (Å²) in [5.41, 5.74) is 2.17. The van der Waals surface area contributed by atoms with E-state index in [1.165, 1.54) is 4.90 Å². The molecule has 3 aromatic carbocycles. The Morgan fingerprint density at radius 1 is 0.792 bits per heavy atom. The predicted molar refractivity (Wildman–Crippen MR) is 94.5 cm³/mol. The van der Waals surface area contributed by atoms with E-state index in [1.54, 1.807) is 24.3 Å². The number of rotatable bonds is 3. The first-order chi connectivity index (χ1) is 11.7. The van der Waals surface area contributed by atoms with Gasteiger partial charge in [-0.3, -0.25) is 14.5 Å². The van der Waals surface area contributed by atoms with Crippen LogP contribution in [0.5, 0.6) is 0 Å². The lowest BCUT2D eigenvalue weighted by molar-refractivity contribution is 0.0612. The lowest BCUT2D eigenvalue weighted by Crippen LogP contribution is -2.41. The highest BCUT2D eigenvalue weighted by Crippen LogP contribution is 2.34. The van der Waals surface area contributed by atoms with Gasteiger partial charge in [0.25, 0.3) is 11.8 Å². The summed E-state index contributed by atoms with van der Waals surface area (Å²) in [6.45, 7) is 0.361. The second-order valence-electron chi connectivity index (χ2n) is 5.82. The van der Waals surface area contributed by atoms with Crippen molar-refractivity contribution in [1.29, 1.82) is 0 Å². The number of benzene rings is 3. The van der Waals surface area contributed by atoms with Gasteiger partial charge >= 0.3 is 0 Å². The van der Waals surface area contributed by atoms with Crippen LogP contribution < -0.4 is 0 Å². The predicted octanol–water partition coefficient (Wildman–Crippen LogP) is 4.33. The molecule has 3 nitrogen and oxygen atoms in total. The number of carbonyl (C=O) groups is 2. The standard InChI is InChI=1S/C20H14ClNO2/c21-17-10-9-16-18-14(17)7-4-8-15(18)19(23)22(20(16)24)12-11-13-5-2-1-3-6-13/h1-10H,11-12H2. The fourth-order valence-electron chi connectivity index (χ4n) is 3.20. The number of amides is 2. The molecular weight excluding hydrogens is 322 g/mol. The number of imide groups is 1. The summed E-state index contributed by atoms with van der Waals surface area (Å²) >= 11 is 6.22. The van der Waals surface area contributed by atoms with Crippen molar-refractivity contribution in [2.75, 3.05) is 6.54 Å². The van der Waals surface area contributed by atoms with Gasteiger partial charge in [-0.05, 0) is 30.2 Å². The van der Waals surface area contributed by atoms with Gasteiger partial charge in [-0.1, -0.05) is 54.1 Å². The SMILES string of the molecule is O=C1c2cccc3c(Cl)ccc(c23)C(=O)N1CCc1ccccc1. The van der Waals surface area contributed by atoms with Crippen LogP contribution in [-0.4, -0.2) is 23.3 Å². The molecule has 4 heteroatoms. The maximum atomic E-state index is 12.8. The fourth-order valence-corrected chi connectivity index (χ4v) is 3.42. The molecule has 0 bridgehead atoms. The second-order valence-corrected chi connectivity index (χ2v) is 6.23. The van der Waals surface area contributed by atoms with Crippen molar-refractivity contribution in [3.05, 3.63) is 82.4 Å². The third-order valence-electron chi connectivity index (χ3n) is 4.41. The molecule has 0 aliphatic carbocycles. The molecule has 0 unspecified atom stereocenters. The van der Waals surface area contributed by atoms with Crippen LogP contribution in [-0.2, 0) is 6.42 Å². The first-order valence-electron chi connectivity index (χ1n) is 7.78. The first kappa shape index (κ1) is 14.9. The molecule has 1 aliphatic heterocycles. The molecule has 0 saturated carbocycles. The number of hydrogen-bond donors (Lipinski definition) is 0. The van der Waals surface area contributed by atoms with Gasteiger partial charge in [-0.15, -0.1) is 0 Å². The van der Waals surface area contributed by atoms with Crippen molar-refractivity contribution in [2.45, 2.75) is 6.42 Å². The van der Waals surface area contributed by atoms with E-state index >= 15 is 0 Å². The minimum Gasteiger partial charge on any atom is -0.274 e. The van der Waals surface area contributed by atoms with Crippen LogP contribution in [0.1, 0.15) is 26.3 Å². The van der Waals surface area contributed by atoms with E-state index < -0.39 is 0 Å². The van der Waals surface area contributed by atoms with E-state index in [4.69, 9.17) is 11.6 Å². The van der Waals surface area contributed by atoms with Crippen molar-refractivity contribution in [3.63, 3.8) is 0 Å². The Labute approximate surface area is 144 Å². The monoisotopic (exact) mass is 335 g/mol. The summed E-state index contributed by atoms with van der Waals surface area (Å²) in [5, 5.41) is 1.96. The smallest absolute Gasteiger partial charge is 0.261 e. The zero-order valence-electron chi connectivity index (χ0n) is 12.8. The molecule has 0 fully saturated rings. The van der Waals surface area contributed by atoms with Gasteiger partial charge in [0.15, 0.2) is 0 Å². The first-order valence-corrected chi connectivity index (χ1v) is 8.16. The molecule has 0 radical (unpaired) electrons. The van der Waals surface area contributed by atoms with Crippen LogP contribution >= 0.6 is 11.6 Å². The van der Waals surface area contributed by atoms with Gasteiger partial charge in [-0.2, -0.15) is 0 Å². The van der Waals surface area contributed by atoms with Gasteiger partial charge in [-0.25, -0.2) is 0 Å². The highest BCUT2D eigenvalue weighted by molar-refractivity contribution is 6.38. The van der Waals surface area contributed by atoms with Crippen molar-refractivity contribution >= 4 is 34.2 Å². The van der Waals surface area contributed by atoms with Crippen LogP contribution in [0.15, 0.2) is 60.7 Å². The highest BCUT2D eigenvalue weighted by atomic mass is 35.5. The molecule has 0 aromatic heterocycles. The maximum absolute atomic E-state index is 12.8. The van der Waals surface area contributed by atoms with E-state index in [9.17, 15) is 9.59 Å². The third kappa shape index (κ3) is 2.29. The largest absolute Gasteiger partial charge is 0.274 e. The molecule has 118 valence electrons. The molecule has 1 heterocycles. The molecule has 0 spiro atoms. The van der Waals surface area contributed by atoms with Crippen molar-refractivity contribution in [3.8, 4) is 0 Å². The zero-order chi connectivity index (χ0) is 16.7. The topological polar surface area (TPSA) is 37.4 Å². The van der Waals surface area contributed by atoms with Crippen LogP contribution in [0.25, 0.3) is 10.8 Å². The average molecular weight is 336 g/mol. The van der Waals surface area contributed by atoms with E-state index in [-0.39, 0.29) is 11.8 Å². The van der Waals surface area contributed by atoms with Crippen molar-refractivity contribution in [1.82, 2.24) is 4.90 Å². The molecule has 24 heavy (non-hydrogen) atoms. The van der Waals surface area contributed by atoms with Crippen LogP contribution in [0, 0.1) is 0 Å².